The summed E-state index contributed by atoms with van der Waals surface area (Å²) in [4.78, 5) is 23.1. The van der Waals surface area contributed by atoms with Gasteiger partial charge in [0.15, 0.2) is 5.65 Å². The number of H-pyrrole nitrogens is 3. The molecule has 2 aliphatic carbocycles. The van der Waals surface area contributed by atoms with Crippen molar-refractivity contribution in [2.24, 2.45) is 11.1 Å². The van der Waals surface area contributed by atoms with Crippen LogP contribution in [0.5, 0.6) is 0 Å². The molecular weight excluding hydrogens is 440 g/mol. The Labute approximate surface area is 201 Å². The lowest BCUT2D eigenvalue weighted by molar-refractivity contribution is 0.187. The first-order valence-corrected chi connectivity index (χ1v) is 12.3. The molecule has 0 amide bonds. The quantitative estimate of drug-likeness (QED) is 0.364. The molecule has 1 atom stereocenters. The molecule has 2 fully saturated rings. The Balaban J connectivity index is 1.15. The smallest absolute Gasteiger partial charge is 0.264 e. The second-order valence-corrected chi connectivity index (χ2v) is 10.3. The van der Waals surface area contributed by atoms with Gasteiger partial charge in [-0.3, -0.25) is 20.0 Å². The molecule has 9 heteroatoms. The van der Waals surface area contributed by atoms with Gasteiger partial charge in [0.25, 0.3) is 5.56 Å². The summed E-state index contributed by atoms with van der Waals surface area (Å²) in [5.41, 5.74) is 12.8. The van der Waals surface area contributed by atoms with Crippen molar-refractivity contribution in [2.45, 2.75) is 44.1 Å². The van der Waals surface area contributed by atoms with Crippen LogP contribution in [-0.4, -0.2) is 43.5 Å². The van der Waals surface area contributed by atoms with Crippen molar-refractivity contribution in [2.75, 3.05) is 18.0 Å². The molecule has 1 aliphatic heterocycles. The number of aromatic amines is 3. The van der Waals surface area contributed by atoms with Crippen LogP contribution in [-0.2, 0) is 6.42 Å². The van der Waals surface area contributed by atoms with E-state index in [4.69, 9.17) is 10.7 Å². The number of rotatable bonds is 4. The van der Waals surface area contributed by atoms with E-state index in [9.17, 15) is 4.79 Å². The number of aromatic nitrogens is 6. The van der Waals surface area contributed by atoms with Crippen LogP contribution in [0.25, 0.3) is 16.6 Å². The highest BCUT2D eigenvalue weighted by molar-refractivity contribution is 5.92. The molecule has 0 radical (unpaired) electrons. The van der Waals surface area contributed by atoms with Gasteiger partial charge in [-0.15, -0.1) is 0 Å². The van der Waals surface area contributed by atoms with Crippen molar-refractivity contribution in [3.63, 3.8) is 0 Å². The topological polar surface area (TPSA) is 132 Å². The molecule has 3 aliphatic rings. The number of hydrogen-bond donors (Lipinski definition) is 4. The van der Waals surface area contributed by atoms with Gasteiger partial charge in [0, 0.05) is 42.4 Å². The molecule has 9 nitrogen and oxygen atoms in total. The van der Waals surface area contributed by atoms with Crippen molar-refractivity contribution in [1.82, 2.24) is 30.4 Å². The molecule has 7 rings (SSSR count). The van der Waals surface area contributed by atoms with Gasteiger partial charge < -0.3 is 10.6 Å². The summed E-state index contributed by atoms with van der Waals surface area (Å²) in [5, 5.41) is 15.2. The molecule has 1 aromatic carbocycles. The maximum absolute atomic E-state index is 13.2. The first-order valence-electron chi connectivity index (χ1n) is 12.3. The van der Waals surface area contributed by atoms with E-state index in [0.29, 0.717) is 34.2 Å². The van der Waals surface area contributed by atoms with Crippen LogP contribution in [0.2, 0.25) is 0 Å². The molecule has 0 bridgehead atoms. The Morgan fingerprint density at radius 1 is 1.17 bits per heavy atom. The van der Waals surface area contributed by atoms with Crippen LogP contribution in [0.15, 0.2) is 41.8 Å². The zero-order valence-electron chi connectivity index (χ0n) is 19.5. The Morgan fingerprint density at radius 2 is 1.97 bits per heavy atom. The number of nitrogens with two attached hydrogens (primary N) is 1. The van der Waals surface area contributed by atoms with Crippen LogP contribution in [0, 0.1) is 5.41 Å². The maximum Gasteiger partial charge on any atom is 0.264 e. The molecule has 1 spiro atoms. The first kappa shape index (κ1) is 20.6. The highest BCUT2D eigenvalue weighted by atomic mass is 16.1. The summed E-state index contributed by atoms with van der Waals surface area (Å²) in [5.74, 6) is 1.04. The van der Waals surface area contributed by atoms with Crippen molar-refractivity contribution in [3.05, 3.63) is 75.5 Å². The largest absolute Gasteiger partial charge is 0.342 e. The predicted octanol–water partition coefficient (Wildman–Crippen LogP) is 3.15. The van der Waals surface area contributed by atoms with Crippen molar-refractivity contribution >= 4 is 22.6 Å². The van der Waals surface area contributed by atoms with E-state index in [2.05, 4.69) is 61.1 Å². The van der Waals surface area contributed by atoms with Gasteiger partial charge >= 0.3 is 0 Å². The average Bonchev–Trinajstić information content (AvgIpc) is 3.32. The van der Waals surface area contributed by atoms with Gasteiger partial charge in [-0.25, -0.2) is 0 Å². The van der Waals surface area contributed by atoms with E-state index in [-0.39, 0.29) is 17.0 Å². The third-order valence-corrected chi connectivity index (χ3v) is 8.31. The predicted molar refractivity (Wildman–Crippen MR) is 134 cm³/mol. The molecule has 178 valence electrons. The number of nitrogens with one attached hydrogen (secondary N) is 3. The third-order valence-electron chi connectivity index (χ3n) is 8.31. The molecule has 1 saturated carbocycles. The van der Waals surface area contributed by atoms with Crippen LogP contribution < -0.4 is 16.2 Å². The number of fused-ring (bicyclic) bond motifs is 2. The van der Waals surface area contributed by atoms with Gasteiger partial charge in [-0.05, 0) is 48.6 Å². The summed E-state index contributed by atoms with van der Waals surface area (Å²) < 4.78 is 0. The van der Waals surface area contributed by atoms with E-state index >= 15 is 0 Å². The normalized spacial score (nSPS) is 21.1. The van der Waals surface area contributed by atoms with E-state index in [1.165, 1.54) is 11.1 Å². The molecular formula is C26H28N8O. The minimum Gasteiger partial charge on any atom is -0.342 e. The van der Waals surface area contributed by atoms with E-state index in [0.717, 1.165) is 56.5 Å². The summed E-state index contributed by atoms with van der Waals surface area (Å²) in [6, 6.07) is 8.58. The first-order chi connectivity index (χ1) is 17.0. The SMILES string of the molecule is C=C(c1c[nH]nc1C1CC1)c1n[nH]c2nc(N3CCC4(CC3)Cc3ccccc3[C@H]4N)[nH]c(=O)c12. The minimum atomic E-state index is -0.211. The van der Waals surface area contributed by atoms with E-state index in [1.807, 2.05) is 6.20 Å². The molecule has 3 aromatic heterocycles. The fourth-order valence-electron chi connectivity index (χ4n) is 6.10. The highest BCUT2D eigenvalue weighted by Gasteiger charge is 2.46. The highest BCUT2D eigenvalue weighted by Crippen LogP contribution is 2.50. The lowest BCUT2D eigenvalue weighted by Gasteiger charge is -2.42. The Hall–Kier alpha value is -3.72. The Kier molecular flexibility index (Phi) is 4.36. The molecule has 1 saturated heterocycles. The number of benzene rings is 1. The number of anilines is 1. The fraction of sp³-hybridized carbons (Fsp3) is 0.385. The molecule has 35 heavy (non-hydrogen) atoms. The van der Waals surface area contributed by atoms with Gasteiger partial charge in [0.2, 0.25) is 5.95 Å². The van der Waals surface area contributed by atoms with Crippen LogP contribution in [0.4, 0.5) is 5.95 Å². The van der Waals surface area contributed by atoms with Crippen LogP contribution in [0.3, 0.4) is 0 Å². The van der Waals surface area contributed by atoms with Crippen LogP contribution >= 0.6 is 0 Å². The van der Waals surface area contributed by atoms with Gasteiger partial charge in [-0.1, -0.05) is 30.8 Å². The van der Waals surface area contributed by atoms with E-state index in [1.54, 1.807) is 0 Å². The number of hydrogen-bond acceptors (Lipinski definition) is 6. The van der Waals surface area contributed by atoms with Crippen molar-refractivity contribution in [1.29, 1.82) is 0 Å². The summed E-state index contributed by atoms with van der Waals surface area (Å²) in [6.45, 7) is 5.82. The lowest BCUT2D eigenvalue weighted by atomic mass is 9.73. The van der Waals surface area contributed by atoms with E-state index < -0.39 is 0 Å². The molecule has 4 aromatic rings. The zero-order valence-corrected chi connectivity index (χ0v) is 19.5. The van der Waals surface area contributed by atoms with Crippen molar-refractivity contribution in [3.8, 4) is 0 Å². The molecule has 5 N–H and O–H groups in total. The molecule has 0 unspecified atom stereocenters. The summed E-state index contributed by atoms with van der Waals surface area (Å²) in [7, 11) is 0. The van der Waals surface area contributed by atoms with Gasteiger partial charge in [0.05, 0.1) is 5.69 Å². The second-order valence-electron chi connectivity index (χ2n) is 10.3. The second kappa shape index (κ2) is 7.39. The maximum atomic E-state index is 13.2. The Bertz CT molecular complexity index is 1520. The fourth-order valence-corrected chi connectivity index (χ4v) is 6.10. The lowest BCUT2D eigenvalue weighted by Crippen LogP contribution is -2.45. The van der Waals surface area contributed by atoms with Crippen molar-refractivity contribution < 1.29 is 0 Å². The number of nitrogens with zero attached hydrogens (tertiary/aromatic N) is 4. The molecule has 4 heterocycles. The van der Waals surface area contributed by atoms with Gasteiger partial charge in [0.1, 0.15) is 11.1 Å². The standard InChI is InChI=1S/C26H28N8O/c1-14(18-13-28-31-21(18)15-6-7-15)20-19-23(33-32-20)29-25(30-24(19)35)34-10-8-26(9-11-34)12-16-4-2-3-5-17(16)22(26)27/h2-5,13,15,22H,1,6-12,27H2,(H,28,31)(H2,29,30,32,33,35)/t22-/m1/s1. The third kappa shape index (κ3) is 3.11. The number of piperidine rings is 1. The summed E-state index contributed by atoms with van der Waals surface area (Å²) in [6.07, 6.45) is 7.03. The summed E-state index contributed by atoms with van der Waals surface area (Å²) >= 11 is 0. The minimum absolute atomic E-state index is 0.0555. The monoisotopic (exact) mass is 468 g/mol. The van der Waals surface area contributed by atoms with Crippen LogP contribution in [0.1, 0.15) is 65.7 Å². The zero-order chi connectivity index (χ0) is 23.7. The van der Waals surface area contributed by atoms with Gasteiger partial charge in [-0.2, -0.15) is 15.2 Å². The average molecular weight is 469 g/mol. The Morgan fingerprint density at radius 3 is 2.74 bits per heavy atom.